The van der Waals surface area contributed by atoms with Crippen molar-refractivity contribution >= 4 is 5.97 Å². The molecule has 0 radical (unpaired) electrons. The molecule has 4 rings (SSSR count). The monoisotopic (exact) mass is 496 g/mol. The lowest BCUT2D eigenvalue weighted by Gasteiger charge is -2.19. The average molecular weight is 497 g/mol. The van der Waals surface area contributed by atoms with Crippen molar-refractivity contribution in [1.29, 1.82) is 0 Å². The standard InChI is InChI=1S/C30H28N2O5/c1-3-11-26-29(35-20-22-12-6-4-7-13-22)28(30(33)37-32-34)21(2)27(31-26)19-23-14-10-17-25(18-23)36-24-15-8-5-9-16-24/h4-10,12-18H,3,11,19-20H2,1-2H3. The van der Waals surface area contributed by atoms with Gasteiger partial charge in [-0.1, -0.05) is 74.0 Å². The highest BCUT2D eigenvalue weighted by Crippen LogP contribution is 2.32. The lowest BCUT2D eigenvalue weighted by atomic mass is 9.98. The van der Waals surface area contributed by atoms with Gasteiger partial charge < -0.3 is 9.47 Å². The normalized spacial score (nSPS) is 10.5. The summed E-state index contributed by atoms with van der Waals surface area (Å²) < 4.78 is 12.1. The maximum atomic E-state index is 12.9. The summed E-state index contributed by atoms with van der Waals surface area (Å²) in [4.78, 5) is 33.1. The van der Waals surface area contributed by atoms with E-state index < -0.39 is 5.97 Å². The molecule has 0 aliphatic carbocycles. The van der Waals surface area contributed by atoms with Gasteiger partial charge in [-0.3, -0.25) is 9.82 Å². The second-order valence-electron chi connectivity index (χ2n) is 8.55. The van der Waals surface area contributed by atoms with Gasteiger partial charge in [-0.2, -0.15) is 0 Å². The van der Waals surface area contributed by atoms with Gasteiger partial charge in [0, 0.05) is 12.1 Å². The van der Waals surface area contributed by atoms with Crippen molar-refractivity contribution in [2.24, 2.45) is 5.34 Å². The van der Waals surface area contributed by atoms with Crippen LogP contribution >= 0.6 is 0 Å². The molecule has 37 heavy (non-hydrogen) atoms. The SMILES string of the molecule is CCCc1nc(Cc2cccc(Oc3ccccc3)c2)c(C)c(C(=O)ON=O)c1OCc1ccccc1. The molecule has 0 bridgehead atoms. The van der Waals surface area contributed by atoms with E-state index in [-0.39, 0.29) is 12.2 Å². The fraction of sp³-hybridized carbons (Fsp3) is 0.200. The van der Waals surface area contributed by atoms with Crippen LogP contribution in [0, 0.1) is 11.8 Å². The summed E-state index contributed by atoms with van der Waals surface area (Å²) >= 11 is 0. The van der Waals surface area contributed by atoms with Crippen LogP contribution in [0.1, 0.15) is 51.8 Å². The first kappa shape index (κ1) is 25.6. The number of carbonyl (C=O) groups is 1. The number of para-hydroxylation sites is 1. The molecule has 0 amide bonds. The fourth-order valence-electron chi connectivity index (χ4n) is 4.08. The molecule has 0 saturated heterocycles. The maximum absolute atomic E-state index is 12.9. The summed E-state index contributed by atoms with van der Waals surface area (Å²) in [7, 11) is 0. The third-order valence-electron chi connectivity index (χ3n) is 5.85. The smallest absolute Gasteiger partial charge is 0.373 e. The zero-order valence-electron chi connectivity index (χ0n) is 20.8. The zero-order valence-corrected chi connectivity index (χ0v) is 20.8. The van der Waals surface area contributed by atoms with Gasteiger partial charge in [0.2, 0.25) is 0 Å². The van der Waals surface area contributed by atoms with E-state index in [1.165, 1.54) is 0 Å². The minimum absolute atomic E-state index is 0.167. The number of aryl methyl sites for hydroxylation is 1. The quantitative estimate of drug-likeness (QED) is 0.162. The molecule has 188 valence electrons. The molecule has 0 aliphatic heterocycles. The van der Waals surface area contributed by atoms with Crippen LogP contribution in [-0.2, 0) is 24.3 Å². The predicted molar refractivity (Wildman–Crippen MR) is 141 cm³/mol. The summed E-state index contributed by atoms with van der Waals surface area (Å²) in [6.07, 6.45) is 1.82. The summed E-state index contributed by atoms with van der Waals surface area (Å²) in [5.74, 6) is 0.896. The maximum Gasteiger partial charge on any atom is 0.373 e. The predicted octanol–water partition coefficient (Wildman–Crippen LogP) is 7.14. The highest BCUT2D eigenvalue weighted by Gasteiger charge is 2.26. The van der Waals surface area contributed by atoms with Crippen LogP contribution in [0.2, 0.25) is 0 Å². The Labute approximate surface area is 216 Å². The molecule has 0 fully saturated rings. The van der Waals surface area contributed by atoms with Gasteiger partial charge in [-0.25, -0.2) is 4.79 Å². The molecule has 0 aliphatic rings. The van der Waals surface area contributed by atoms with E-state index >= 15 is 0 Å². The minimum atomic E-state index is -0.863. The second kappa shape index (κ2) is 12.4. The van der Waals surface area contributed by atoms with Crippen molar-refractivity contribution in [3.05, 3.63) is 123 Å². The van der Waals surface area contributed by atoms with E-state index in [1.54, 1.807) is 6.92 Å². The number of pyridine rings is 1. The Hall–Kier alpha value is -4.52. The summed E-state index contributed by atoms with van der Waals surface area (Å²) in [6, 6.07) is 26.9. The highest BCUT2D eigenvalue weighted by atomic mass is 16.7. The van der Waals surface area contributed by atoms with Crippen molar-refractivity contribution < 1.29 is 19.1 Å². The highest BCUT2D eigenvalue weighted by molar-refractivity contribution is 5.94. The van der Waals surface area contributed by atoms with Gasteiger partial charge in [0.15, 0.2) is 11.1 Å². The number of rotatable bonds is 11. The first-order valence-electron chi connectivity index (χ1n) is 12.1. The van der Waals surface area contributed by atoms with E-state index in [0.29, 0.717) is 41.3 Å². The molecular formula is C30H28N2O5. The van der Waals surface area contributed by atoms with Crippen LogP contribution < -0.4 is 9.47 Å². The van der Waals surface area contributed by atoms with Crippen LogP contribution in [0.5, 0.6) is 17.2 Å². The van der Waals surface area contributed by atoms with E-state index in [1.807, 2.05) is 91.9 Å². The van der Waals surface area contributed by atoms with Gasteiger partial charge in [-0.15, -0.1) is 4.91 Å². The van der Waals surface area contributed by atoms with Crippen molar-refractivity contribution in [3.8, 4) is 17.2 Å². The third-order valence-corrected chi connectivity index (χ3v) is 5.85. The Morgan fingerprint density at radius 3 is 2.24 bits per heavy atom. The van der Waals surface area contributed by atoms with E-state index in [9.17, 15) is 9.70 Å². The van der Waals surface area contributed by atoms with Crippen LogP contribution in [0.25, 0.3) is 0 Å². The molecule has 0 atom stereocenters. The second-order valence-corrected chi connectivity index (χ2v) is 8.55. The van der Waals surface area contributed by atoms with Crippen LogP contribution in [0.3, 0.4) is 0 Å². The van der Waals surface area contributed by atoms with Gasteiger partial charge in [0.1, 0.15) is 23.7 Å². The van der Waals surface area contributed by atoms with Crippen molar-refractivity contribution in [2.45, 2.75) is 39.7 Å². The van der Waals surface area contributed by atoms with E-state index in [2.05, 4.69) is 10.2 Å². The molecule has 0 spiro atoms. The number of aromatic nitrogens is 1. The Morgan fingerprint density at radius 2 is 1.54 bits per heavy atom. The number of nitrogens with zero attached hydrogens (tertiary/aromatic N) is 2. The average Bonchev–Trinajstić information content (AvgIpc) is 2.91. The first-order valence-corrected chi connectivity index (χ1v) is 12.1. The molecule has 7 nitrogen and oxygen atoms in total. The largest absolute Gasteiger partial charge is 0.486 e. The zero-order chi connectivity index (χ0) is 26.0. The van der Waals surface area contributed by atoms with Gasteiger partial charge >= 0.3 is 5.97 Å². The van der Waals surface area contributed by atoms with E-state index in [0.717, 1.165) is 23.3 Å². The molecule has 0 saturated carbocycles. The van der Waals surface area contributed by atoms with Gasteiger partial charge in [0.05, 0.1) is 5.69 Å². The molecule has 1 aromatic heterocycles. The molecule has 4 aromatic rings. The van der Waals surface area contributed by atoms with Crippen molar-refractivity contribution in [1.82, 2.24) is 4.98 Å². The number of benzene rings is 3. The lowest BCUT2D eigenvalue weighted by molar-refractivity contribution is 0.0501. The molecule has 3 aromatic carbocycles. The fourth-order valence-corrected chi connectivity index (χ4v) is 4.08. The number of ether oxygens (including phenoxy) is 2. The Bertz CT molecular complexity index is 1360. The summed E-state index contributed by atoms with van der Waals surface area (Å²) in [5, 5.41) is 2.36. The summed E-state index contributed by atoms with van der Waals surface area (Å²) in [6.45, 7) is 4.04. The summed E-state index contributed by atoms with van der Waals surface area (Å²) in [5.41, 5.74) is 3.96. The molecule has 0 unspecified atom stereocenters. The number of carbonyl (C=O) groups excluding carboxylic acids is 1. The van der Waals surface area contributed by atoms with Gasteiger partial charge in [0.25, 0.3) is 0 Å². The van der Waals surface area contributed by atoms with Crippen LogP contribution in [-0.4, -0.2) is 11.0 Å². The minimum Gasteiger partial charge on any atom is -0.486 e. The van der Waals surface area contributed by atoms with Crippen molar-refractivity contribution in [3.63, 3.8) is 0 Å². The number of hydrogen-bond donors (Lipinski definition) is 0. The van der Waals surface area contributed by atoms with Crippen LogP contribution in [0.4, 0.5) is 0 Å². The van der Waals surface area contributed by atoms with Crippen LogP contribution in [0.15, 0.2) is 90.3 Å². The Balaban J connectivity index is 1.69. The molecule has 0 N–H and O–H groups in total. The molecule has 1 heterocycles. The Morgan fingerprint density at radius 1 is 0.865 bits per heavy atom. The van der Waals surface area contributed by atoms with Gasteiger partial charge in [-0.05, 0) is 54.3 Å². The topological polar surface area (TPSA) is 87.1 Å². The molecular weight excluding hydrogens is 468 g/mol. The Kier molecular flexibility index (Phi) is 8.60. The van der Waals surface area contributed by atoms with E-state index in [4.69, 9.17) is 14.5 Å². The van der Waals surface area contributed by atoms with Crippen molar-refractivity contribution in [2.75, 3.05) is 0 Å². The third kappa shape index (κ3) is 6.58. The molecule has 7 heteroatoms. The first-order chi connectivity index (χ1) is 18.1. The lowest BCUT2D eigenvalue weighted by Crippen LogP contribution is -2.14. The number of hydrogen-bond acceptors (Lipinski definition) is 7.